The molecule has 1 heterocycles. The average molecular weight is 393 g/mol. The fourth-order valence-electron chi connectivity index (χ4n) is 2.65. The lowest BCUT2D eigenvalue weighted by Crippen LogP contribution is -2.32. The van der Waals surface area contributed by atoms with E-state index in [-0.39, 0.29) is 22.7 Å². The molecule has 2 aromatic carbocycles. The highest BCUT2D eigenvalue weighted by atomic mass is 35.5. The van der Waals surface area contributed by atoms with Crippen LogP contribution in [0.5, 0.6) is 0 Å². The molecule has 1 amide bonds. The van der Waals surface area contributed by atoms with Crippen molar-refractivity contribution < 1.29 is 14.5 Å². The first-order valence-corrected chi connectivity index (χ1v) is 9.34. The Hall–Kier alpha value is -2.09. The van der Waals surface area contributed by atoms with Gasteiger partial charge in [0.05, 0.1) is 21.6 Å². The Morgan fingerprint density at radius 3 is 2.81 bits per heavy atom. The van der Waals surface area contributed by atoms with Crippen LogP contribution in [0.4, 0.5) is 5.69 Å². The number of ether oxygens (including phenoxy) is 1. The summed E-state index contributed by atoms with van der Waals surface area (Å²) in [4.78, 5) is 24.2. The summed E-state index contributed by atoms with van der Waals surface area (Å²) in [6, 6.07) is 11.5. The van der Waals surface area contributed by atoms with Crippen LogP contribution in [0.15, 0.2) is 52.3 Å². The molecule has 0 spiro atoms. The molecule has 136 valence electrons. The summed E-state index contributed by atoms with van der Waals surface area (Å²) in [5.41, 5.74) is 0.465. The number of nitro groups is 1. The lowest BCUT2D eigenvalue weighted by atomic mass is 10.2. The van der Waals surface area contributed by atoms with Crippen molar-refractivity contribution in [2.75, 3.05) is 13.2 Å². The van der Waals surface area contributed by atoms with Gasteiger partial charge in [0, 0.05) is 35.1 Å². The van der Waals surface area contributed by atoms with Crippen LogP contribution in [0, 0.1) is 10.1 Å². The second-order valence-electron chi connectivity index (χ2n) is 5.82. The van der Waals surface area contributed by atoms with Gasteiger partial charge in [0.2, 0.25) is 0 Å². The molecular weight excluding hydrogens is 376 g/mol. The summed E-state index contributed by atoms with van der Waals surface area (Å²) in [5, 5.41) is 14.0. The van der Waals surface area contributed by atoms with E-state index in [0.717, 1.165) is 24.3 Å². The number of halogens is 1. The number of nitrogens with zero attached hydrogens (tertiary/aromatic N) is 1. The van der Waals surface area contributed by atoms with Crippen molar-refractivity contribution >= 4 is 35.0 Å². The van der Waals surface area contributed by atoms with Gasteiger partial charge in [0.15, 0.2) is 0 Å². The third-order valence-electron chi connectivity index (χ3n) is 3.99. The van der Waals surface area contributed by atoms with E-state index in [4.69, 9.17) is 16.3 Å². The van der Waals surface area contributed by atoms with E-state index in [2.05, 4.69) is 5.32 Å². The molecule has 1 aliphatic rings. The second-order valence-corrected chi connectivity index (χ2v) is 7.31. The minimum atomic E-state index is -0.493. The lowest BCUT2D eigenvalue weighted by Gasteiger charge is -2.13. The maximum absolute atomic E-state index is 12.5. The Balaban J connectivity index is 1.74. The maximum Gasteiger partial charge on any atom is 0.270 e. The summed E-state index contributed by atoms with van der Waals surface area (Å²) >= 11 is 7.46. The number of rotatable bonds is 6. The number of benzene rings is 2. The van der Waals surface area contributed by atoms with Crippen LogP contribution in [0.2, 0.25) is 5.02 Å². The van der Waals surface area contributed by atoms with Gasteiger partial charge in [0.1, 0.15) is 0 Å². The first-order valence-electron chi connectivity index (χ1n) is 8.15. The van der Waals surface area contributed by atoms with Crippen LogP contribution in [-0.4, -0.2) is 30.1 Å². The summed E-state index contributed by atoms with van der Waals surface area (Å²) in [6.45, 7) is 1.22. The van der Waals surface area contributed by atoms with Gasteiger partial charge in [-0.15, -0.1) is 0 Å². The van der Waals surface area contributed by atoms with E-state index in [1.807, 2.05) is 12.1 Å². The number of non-ortho nitro benzene ring substituents is 1. The van der Waals surface area contributed by atoms with Gasteiger partial charge in [-0.2, -0.15) is 0 Å². The molecule has 1 atom stereocenters. The molecule has 26 heavy (non-hydrogen) atoms. The summed E-state index contributed by atoms with van der Waals surface area (Å²) in [7, 11) is 0. The highest BCUT2D eigenvalue weighted by Gasteiger charge is 2.19. The number of nitro benzene ring substituents is 1. The van der Waals surface area contributed by atoms with Crippen LogP contribution >= 0.6 is 23.4 Å². The summed E-state index contributed by atoms with van der Waals surface area (Å²) in [5.74, 6) is -0.179. The molecule has 2 aromatic rings. The van der Waals surface area contributed by atoms with Gasteiger partial charge in [0.25, 0.3) is 11.6 Å². The van der Waals surface area contributed by atoms with Crippen LogP contribution in [0.25, 0.3) is 0 Å². The molecule has 6 nitrogen and oxygen atoms in total. The van der Waals surface area contributed by atoms with Gasteiger partial charge in [-0.25, -0.2) is 0 Å². The third-order valence-corrected chi connectivity index (χ3v) is 5.57. The van der Waals surface area contributed by atoms with Crippen LogP contribution in [0.3, 0.4) is 0 Å². The zero-order chi connectivity index (χ0) is 18.5. The standard InChI is InChI=1S/C18H17ClN2O4S/c19-15-10-12(21(23)24)7-8-17(15)26-16-6-2-1-5-14(16)18(22)20-11-13-4-3-9-25-13/h1-2,5-8,10,13H,3-4,9,11H2,(H,20,22)/t13-/m0/s1. The second kappa shape index (κ2) is 8.53. The number of hydrogen-bond acceptors (Lipinski definition) is 5. The third kappa shape index (κ3) is 4.55. The van der Waals surface area contributed by atoms with E-state index in [9.17, 15) is 14.9 Å². The Bertz CT molecular complexity index is 825. The summed E-state index contributed by atoms with van der Waals surface area (Å²) < 4.78 is 5.52. The van der Waals surface area contributed by atoms with Crippen LogP contribution in [-0.2, 0) is 4.74 Å². The molecule has 1 saturated heterocycles. The molecule has 0 saturated carbocycles. The van der Waals surface area contributed by atoms with Crippen molar-refractivity contribution in [1.82, 2.24) is 5.32 Å². The van der Waals surface area contributed by atoms with Crippen molar-refractivity contribution in [3.05, 3.63) is 63.2 Å². The number of carbonyl (C=O) groups is 1. The minimum absolute atomic E-state index is 0.0676. The first kappa shape index (κ1) is 18.7. The SMILES string of the molecule is O=C(NC[C@@H]1CCCO1)c1ccccc1Sc1ccc([N+](=O)[O-])cc1Cl. The molecule has 0 bridgehead atoms. The predicted octanol–water partition coefficient (Wildman–Crippen LogP) is 4.31. The number of carbonyl (C=O) groups excluding carboxylic acids is 1. The number of amides is 1. The fourth-order valence-corrected chi connectivity index (χ4v) is 3.89. The zero-order valence-corrected chi connectivity index (χ0v) is 15.4. The zero-order valence-electron chi connectivity index (χ0n) is 13.8. The predicted molar refractivity (Wildman–Crippen MR) is 100.0 cm³/mol. The summed E-state index contributed by atoms with van der Waals surface area (Å²) in [6.07, 6.45) is 2.05. The quantitative estimate of drug-likeness (QED) is 0.585. The molecule has 3 rings (SSSR count). The van der Waals surface area contributed by atoms with E-state index < -0.39 is 4.92 Å². The van der Waals surface area contributed by atoms with E-state index in [1.54, 1.807) is 18.2 Å². The van der Waals surface area contributed by atoms with E-state index in [0.29, 0.717) is 17.0 Å². The van der Waals surface area contributed by atoms with Gasteiger partial charge in [-0.05, 0) is 31.0 Å². The van der Waals surface area contributed by atoms with Crippen molar-refractivity contribution in [2.45, 2.75) is 28.7 Å². The molecule has 1 aliphatic heterocycles. The first-order chi connectivity index (χ1) is 12.5. The van der Waals surface area contributed by atoms with Crippen LogP contribution < -0.4 is 5.32 Å². The fraction of sp³-hybridized carbons (Fsp3) is 0.278. The Morgan fingerprint density at radius 1 is 1.31 bits per heavy atom. The molecule has 0 radical (unpaired) electrons. The largest absolute Gasteiger partial charge is 0.376 e. The molecule has 0 aliphatic carbocycles. The molecule has 1 N–H and O–H groups in total. The monoisotopic (exact) mass is 392 g/mol. The van der Waals surface area contributed by atoms with Crippen LogP contribution in [0.1, 0.15) is 23.2 Å². The lowest BCUT2D eigenvalue weighted by molar-refractivity contribution is -0.384. The highest BCUT2D eigenvalue weighted by molar-refractivity contribution is 7.99. The van der Waals surface area contributed by atoms with Gasteiger partial charge in [-0.1, -0.05) is 35.5 Å². The normalized spacial score (nSPS) is 16.4. The molecular formula is C18H17ClN2O4S. The topological polar surface area (TPSA) is 81.5 Å². The average Bonchev–Trinajstić information content (AvgIpc) is 3.15. The van der Waals surface area contributed by atoms with E-state index in [1.165, 1.54) is 23.9 Å². The molecule has 8 heteroatoms. The van der Waals surface area contributed by atoms with Gasteiger partial charge >= 0.3 is 0 Å². The van der Waals surface area contributed by atoms with Crippen molar-refractivity contribution in [2.24, 2.45) is 0 Å². The Morgan fingerprint density at radius 2 is 2.12 bits per heavy atom. The number of hydrogen-bond donors (Lipinski definition) is 1. The van der Waals surface area contributed by atoms with E-state index >= 15 is 0 Å². The molecule has 0 aromatic heterocycles. The Labute approximate surface area is 160 Å². The Kier molecular flexibility index (Phi) is 6.13. The van der Waals surface area contributed by atoms with Gasteiger partial charge in [-0.3, -0.25) is 14.9 Å². The minimum Gasteiger partial charge on any atom is -0.376 e. The van der Waals surface area contributed by atoms with Crippen molar-refractivity contribution in [1.29, 1.82) is 0 Å². The van der Waals surface area contributed by atoms with Crippen molar-refractivity contribution in [3.63, 3.8) is 0 Å². The molecule has 0 unspecified atom stereocenters. The van der Waals surface area contributed by atoms with Gasteiger partial charge < -0.3 is 10.1 Å². The smallest absolute Gasteiger partial charge is 0.270 e. The highest BCUT2D eigenvalue weighted by Crippen LogP contribution is 2.36. The maximum atomic E-state index is 12.5. The molecule has 1 fully saturated rings. The number of nitrogens with one attached hydrogen (secondary N) is 1. The van der Waals surface area contributed by atoms with Crippen molar-refractivity contribution in [3.8, 4) is 0 Å².